The maximum absolute atomic E-state index is 11.9. The molecule has 2 aromatic rings. The highest BCUT2D eigenvalue weighted by atomic mass is 127. The third-order valence-electron chi connectivity index (χ3n) is 3.71. The van der Waals surface area contributed by atoms with E-state index < -0.39 is 21.4 Å². The Balaban J connectivity index is 0.000000408. The molecule has 0 unspecified atom stereocenters. The van der Waals surface area contributed by atoms with E-state index in [9.17, 15) is 25.9 Å². The topological polar surface area (TPSA) is 86.2 Å². The lowest BCUT2D eigenvalue weighted by Crippen LogP contribution is -2.36. The molecule has 0 amide bonds. The van der Waals surface area contributed by atoms with Crippen LogP contribution in [0, 0.1) is 38.2 Å². The lowest BCUT2D eigenvalue weighted by Gasteiger charge is -2.06. The van der Waals surface area contributed by atoms with Crippen LogP contribution in [0.1, 0.15) is 28.1 Å². The van der Waals surface area contributed by atoms with Crippen LogP contribution in [0.3, 0.4) is 0 Å². The van der Waals surface area contributed by atoms with Crippen molar-refractivity contribution in [3.63, 3.8) is 0 Å². The smallest absolute Gasteiger partial charge is 0.464 e. The van der Waals surface area contributed by atoms with Crippen LogP contribution in [0.5, 0.6) is 0 Å². The van der Waals surface area contributed by atoms with E-state index in [1.807, 2.05) is 38.4 Å². The van der Waals surface area contributed by atoms with E-state index in [-0.39, 0.29) is 0 Å². The molecule has 0 fully saturated rings. The first kappa shape index (κ1) is 27.2. The SMILES string of the molecule is COC(=O)C(F)(F)S(=O)(=O)F.Cc1ccnc(C)c1C.Cc1ccnc(C)c1I. The quantitative estimate of drug-likeness (QED) is 0.316. The molecule has 0 bridgehead atoms. The van der Waals surface area contributed by atoms with Crippen LogP contribution in [0.25, 0.3) is 0 Å². The standard InChI is InChI=1S/C8H11N.C7H8IN.C3H3F3O4S/c1-6-4-5-9-8(3)7(6)2;1-5-3-4-9-6(2)7(5)8;1-10-2(7)3(4,5)11(6,8)9/h4-5H,1-3H3;3-4H,1-2H3;1H3. The number of rotatable bonds is 2. The number of aryl methyl sites for hydroxylation is 4. The van der Waals surface area contributed by atoms with Gasteiger partial charge in [-0.15, -0.1) is 0 Å². The highest BCUT2D eigenvalue weighted by molar-refractivity contribution is 14.1. The molecule has 2 rings (SSSR count). The van der Waals surface area contributed by atoms with Gasteiger partial charge in [-0.05, 0) is 86.0 Å². The highest BCUT2D eigenvalue weighted by Gasteiger charge is 2.55. The van der Waals surface area contributed by atoms with Crippen molar-refractivity contribution in [2.75, 3.05) is 7.11 Å². The first-order chi connectivity index (χ1) is 13.2. The van der Waals surface area contributed by atoms with Gasteiger partial charge < -0.3 is 4.74 Å². The van der Waals surface area contributed by atoms with E-state index in [4.69, 9.17) is 0 Å². The highest BCUT2D eigenvalue weighted by Crippen LogP contribution is 2.24. The maximum atomic E-state index is 11.9. The molecule has 11 heteroatoms. The number of hydrogen-bond donors (Lipinski definition) is 0. The summed E-state index contributed by atoms with van der Waals surface area (Å²) in [5.41, 5.74) is 6.19. The summed E-state index contributed by atoms with van der Waals surface area (Å²) in [7, 11) is -5.71. The molecule has 0 spiro atoms. The summed E-state index contributed by atoms with van der Waals surface area (Å²) in [5, 5.41) is -5.11. The van der Waals surface area contributed by atoms with Gasteiger partial charge in [0, 0.05) is 21.7 Å². The Morgan fingerprint density at radius 2 is 1.45 bits per heavy atom. The van der Waals surface area contributed by atoms with Crippen molar-refractivity contribution in [1.29, 1.82) is 0 Å². The Bertz CT molecular complexity index is 864. The lowest BCUT2D eigenvalue weighted by molar-refractivity contribution is -0.157. The average molecular weight is 546 g/mol. The van der Waals surface area contributed by atoms with E-state index in [2.05, 4.69) is 58.1 Å². The summed E-state index contributed by atoms with van der Waals surface area (Å²) >= 11 is 2.31. The molecule has 29 heavy (non-hydrogen) atoms. The third kappa shape index (κ3) is 8.25. The first-order valence-electron chi connectivity index (χ1n) is 8.03. The molecule has 0 saturated carbocycles. The van der Waals surface area contributed by atoms with E-state index in [0.29, 0.717) is 7.11 Å². The number of carbonyl (C=O) groups excluding carboxylic acids is 1. The third-order valence-corrected chi connectivity index (χ3v) is 6.12. The number of nitrogens with zero attached hydrogens (tertiary/aromatic N) is 2. The van der Waals surface area contributed by atoms with E-state index in [1.165, 1.54) is 20.3 Å². The van der Waals surface area contributed by atoms with Gasteiger partial charge in [-0.2, -0.15) is 17.2 Å². The van der Waals surface area contributed by atoms with Gasteiger partial charge >= 0.3 is 21.4 Å². The van der Waals surface area contributed by atoms with Gasteiger partial charge in [0.15, 0.2) is 0 Å². The molecule has 0 saturated heterocycles. The van der Waals surface area contributed by atoms with Gasteiger partial charge in [0.05, 0.1) is 12.8 Å². The molecule has 0 aromatic carbocycles. The summed E-state index contributed by atoms with van der Waals surface area (Å²) in [6.07, 6.45) is 3.69. The van der Waals surface area contributed by atoms with Crippen LogP contribution < -0.4 is 0 Å². The molecule has 0 aliphatic heterocycles. The van der Waals surface area contributed by atoms with E-state index in [1.54, 1.807) is 0 Å². The van der Waals surface area contributed by atoms with Gasteiger partial charge in [-0.3, -0.25) is 9.97 Å². The predicted molar refractivity (Wildman–Crippen MR) is 112 cm³/mol. The minimum Gasteiger partial charge on any atom is -0.464 e. The minimum absolute atomic E-state index is 0.515. The monoisotopic (exact) mass is 546 g/mol. The van der Waals surface area contributed by atoms with Crippen LogP contribution in [0.4, 0.5) is 12.7 Å². The zero-order chi connectivity index (χ0) is 23.0. The number of ether oxygens (including phenoxy) is 1. The fourth-order valence-corrected chi connectivity index (χ4v) is 2.26. The van der Waals surface area contributed by atoms with Crippen molar-refractivity contribution in [3.8, 4) is 0 Å². The van der Waals surface area contributed by atoms with Crippen LogP contribution in [-0.2, 0) is 19.8 Å². The predicted octanol–water partition coefficient (Wildman–Crippen LogP) is 4.36. The fourth-order valence-electron chi connectivity index (χ4n) is 1.66. The van der Waals surface area contributed by atoms with Gasteiger partial charge in [0.2, 0.25) is 0 Å². The van der Waals surface area contributed by atoms with Crippen LogP contribution in [0.15, 0.2) is 24.5 Å². The second-order valence-electron chi connectivity index (χ2n) is 5.81. The summed E-state index contributed by atoms with van der Waals surface area (Å²) in [4.78, 5) is 18.2. The molecule has 2 heterocycles. The van der Waals surface area contributed by atoms with Gasteiger partial charge in [-0.1, -0.05) is 3.89 Å². The minimum atomic E-state index is -6.22. The molecule has 2 aromatic heterocycles. The Kier molecular flexibility index (Phi) is 10.7. The molecule has 0 atom stereocenters. The second kappa shape index (κ2) is 11.4. The van der Waals surface area contributed by atoms with E-state index >= 15 is 0 Å². The van der Waals surface area contributed by atoms with Gasteiger partial charge in [-0.25, -0.2) is 4.79 Å². The Hall–Kier alpha value is -1.76. The molecule has 0 aliphatic carbocycles. The second-order valence-corrected chi connectivity index (χ2v) is 8.28. The van der Waals surface area contributed by atoms with Crippen molar-refractivity contribution in [2.45, 2.75) is 39.9 Å². The molecular formula is C18H22F3IN2O4S. The zero-order valence-electron chi connectivity index (χ0n) is 16.8. The number of esters is 1. The number of hydrogen-bond acceptors (Lipinski definition) is 6. The normalized spacial score (nSPS) is 10.8. The number of aromatic nitrogens is 2. The van der Waals surface area contributed by atoms with E-state index in [0.717, 1.165) is 11.4 Å². The van der Waals surface area contributed by atoms with Crippen molar-refractivity contribution in [2.24, 2.45) is 0 Å². The van der Waals surface area contributed by atoms with Crippen molar-refractivity contribution >= 4 is 38.8 Å². The van der Waals surface area contributed by atoms with Crippen molar-refractivity contribution in [1.82, 2.24) is 9.97 Å². The molecule has 162 valence electrons. The molecular weight excluding hydrogens is 524 g/mol. The summed E-state index contributed by atoms with van der Waals surface area (Å²) in [5.74, 6) is -2.44. The fraction of sp³-hybridized carbons (Fsp3) is 0.389. The van der Waals surface area contributed by atoms with Crippen LogP contribution in [-0.4, -0.2) is 36.7 Å². The maximum Gasteiger partial charge on any atom is 0.470 e. The van der Waals surface area contributed by atoms with Crippen molar-refractivity contribution < 1.29 is 30.6 Å². The van der Waals surface area contributed by atoms with Gasteiger partial charge in [0.25, 0.3) is 0 Å². The zero-order valence-corrected chi connectivity index (χ0v) is 19.7. The average Bonchev–Trinajstić information content (AvgIpc) is 2.63. The number of carbonyl (C=O) groups is 1. The molecule has 0 radical (unpaired) electrons. The summed E-state index contributed by atoms with van der Waals surface area (Å²) < 4.78 is 59.0. The Morgan fingerprint density at radius 3 is 1.72 bits per heavy atom. The number of halogens is 4. The Morgan fingerprint density at radius 1 is 1.00 bits per heavy atom. The largest absolute Gasteiger partial charge is 0.470 e. The summed E-state index contributed by atoms with van der Waals surface area (Å²) in [6, 6.07) is 4.05. The van der Waals surface area contributed by atoms with Crippen molar-refractivity contribution in [3.05, 3.63) is 56.2 Å². The number of methoxy groups -OCH3 is 1. The molecule has 0 aliphatic rings. The first-order valence-corrected chi connectivity index (χ1v) is 10.5. The molecule has 6 nitrogen and oxygen atoms in total. The lowest BCUT2D eigenvalue weighted by atomic mass is 10.1. The van der Waals surface area contributed by atoms with Gasteiger partial charge in [0.1, 0.15) is 0 Å². The summed E-state index contributed by atoms with van der Waals surface area (Å²) in [6.45, 7) is 10.3. The number of alkyl halides is 2. The van der Waals surface area contributed by atoms with Crippen LogP contribution >= 0.6 is 22.6 Å². The number of pyridine rings is 2. The molecule has 0 N–H and O–H groups in total. The Labute approximate surface area is 182 Å². The van der Waals surface area contributed by atoms with Crippen LogP contribution in [0.2, 0.25) is 0 Å².